The largest absolute Gasteiger partial charge is 0.326 e. The molecule has 1 heterocycles. The monoisotopic (exact) mass is 366 g/mol. The predicted molar refractivity (Wildman–Crippen MR) is 96.2 cm³/mol. The van der Waals surface area contributed by atoms with Crippen molar-refractivity contribution in [3.63, 3.8) is 0 Å². The molecular weight excluding hydrogens is 344 g/mol. The smallest absolute Gasteiger partial charge is 0.325 e. The average Bonchev–Trinajstić information content (AvgIpc) is 3.13. The van der Waals surface area contributed by atoms with Gasteiger partial charge in [-0.05, 0) is 37.5 Å². The van der Waals surface area contributed by atoms with Crippen molar-refractivity contribution in [2.45, 2.75) is 50.7 Å². The van der Waals surface area contributed by atoms with E-state index in [2.05, 4.69) is 10.6 Å². The van der Waals surface area contributed by atoms with E-state index in [-0.39, 0.29) is 18.3 Å². The predicted octanol–water partition coefficient (Wildman–Crippen LogP) is 1.76. The Morgan fingerprint density at radius 2 is 1.88 bits per heavy atom. The van der Waals surface area contributed by atoms with E-state index in [0.717, 1.165) is 23.3 Å². The lowest BCUT2D eigenvalue weighted by Gasteiger charge is -2.23. The maximum absolute atomic E-state index is 12.7. The Labute approximate surface area is 152 Å². The summed E-state index contributed by atoms with van der Waals surface area (Å²) in [5, 5.41) is 5.52. The second-order valence-corrected chi connectivity index (χ2v) is 6.46. The van der Waals surface area contributed by atoms with Crippen molar-refractivity contribution >= 4 is 35.9 Å². The maximum Gasteiger partial charge on any atom is 0.325 e. The fourth-order valence-electron chi connectivity index (χ4n) is 3.40. The Morgan fingerprint density at radius 1 is 1.28 bits per heavy atom. The van der Waals surface area contributed by atoms with E-state index in [1.807, 2.05) is 12.1 Å². The van der Waals surface area contributed by atoms with E-state index in [0.29, 0.717) is 25.1 Å². The standard InChI is InChI=1S/C17H22N4O3.ClH/c1-11(14(22)19-13-6-4-12(10-18)5-7-13)21-15(23)17(20-16(21)24)8-2-3-9-17;/h4-7,11H,2-3,8-10,18H2,1H3,(H,19,22)(H,20,24);1H. The first-order chi connectivity index (χ1) is 11.5. The zero-order chi connectivity index (χ0) is 17.3. The highest BCUT2D eigenvalue weighted by atomic mass is 35.5. The molecule has 3 rings (SSSR count). The minimum Gasteiger partial charge on any atom is -0.326 e. The van der Waals surface area contributed by atoms with Crippen molar-refractivity contribution in [2.75, 3.05) is 5.32 Å². The normalized spacial score (nSPS) is 19.5. The third-order valence-corrected chi connectivity index (χ3v) is 4.87. The van der Waals surface area contributed by atoms with Crippen molar-refractivity contribution in [1.29, 1.82) is 0 Å². The molecule has 1 aromatic rings. The molecule has 7 nitrogen and oxygen atoms in total. The highest BCUT2D eigenvalue weighted by Crippen LogP contribution is 2.35. The van der Waals surface area contributed by atoms with Gasteiger partial charge in [0.1, 0.15) is 11.6 Å². The molecule has 4 amide bonds. The molecule has 1 aliphatic carbocycles. The quantitative estimate of drug-likeness (QED) is 0.706. The number of carbonyl (C=O) groups is 3. The van der Waals surface area contributed by atoms with Crippen LogP contribution >= 0.6 is 12.4 Å². The summed E-state index contributed by atoms with van der Waals surface area (Å²) >= 11 is 0. The number of halogens is 1. The molecule has 0 bridgehead atoms. The lowest BCUT2D eigenvalue weighted by Crippen LogP contribution is -2.48. The number of nitrogens with two attached hydrogens (primary N) is 1. The van der Waals surface area contributed by atoms with Gasteiger partial charge in [0.05, 0.1) is 0 Å². The fourth-order valence-corrected chi connectivity index (χ4v) is 3.40. The number of nitrogens with one attached hydrogen (secondary N) is 2. The minimum atomic E-state index is -0.869. The van der Waals surface area contributed by atoms with Crippen LogP contribution in [-0.2, 0) is 16.1 Å². The van der Waals surface area contributed by atoms with Crippen LogP contribution in [0.5, 0.6) is 0 Å². The van der Waals surface area contributed by atoms with Crippen molar-refractivity contribution in [2.24, 2.45) is 5.73 Å². The molecule has 0 radical (unpaired) electrons. The van der Waals surface area contributed by atoms with Gasteiger partial charge in [0, 0.05) is 12.2 Å². The summed E-state index contributed by atoms with van der Waals surface area (Å²) < 4.78 is 0. The third-order valence-electron chi connectivity index (χ3n) is 4.87. The lowest BCUT2D eigenvalue weighted by molar-refractivity contribution is -0.136. The van der Waals surface area contributed by atoms with Gasteiger partial charge in [-0.15, -0.1) is 12.4 Å². The first kappa shape index (κ1) is 19.2. The Balaban J connectivity index is 0.00000225. The number of rotatable bonds is 4. The molecule has 2 fully saturated rings. The van der Waals surface area contributed by atoms with E-state index < -0.39 is 23.5 Å². The zero-order valence-electron chi connectivity index (χ0n) is 14.1. The van der Waals surface area contributed by atoms with E-state index >= 15 is 0 Å². The first-order valence-electron chi connectivity index (χ1n) is 8.22. The summed E-state index contributed by atoms with van der Waals surface area (Å²) in [6.07, 6.45) is 3.10. The van der Waals surface area contributed by atoms with Gasteiger partial charge in [-0.1, -0.05) is 25.0 Å². The molecule has 4 N–H and O–H groups in total. The SMILES string of the molecule is CC(C(=O)Nc1ccc(CN)cc1)N1C(=O)NC2(CCCC2)C1=O.Cl. The van der Waals surface area contributed by atoms with Gasteiger partial charge in [0.25, 0.3) is 5.91 Å². The van der Waals surface area contributed by atoms with Crippen LogP contribution in [0.1, 0.15) is 38.2 Å². The molecule has 1 spiro atoms. The van der Waals surface area contributed by atoms with Crippen molar-refractivity contribution in [3.05, 3.63) is 29.8 Å². The molecule has 1 unspecified atom stereocenters. The number of urea groups is 1. The van der Waals surface area contributed by atoms with E-state index in [9.17, 15) is 14.4 Å². The second kappa shape index (κ2) is 7.41. The van der Waals surface area contributed by atoms with Gasteiger partial charge in [-0.3, -0.25) is 9.59 Å². The molecular formula is C17H23ClN4O3. The molecule has 8 heteroatoms. The minimum absolute atomic E-state index is 0. The summed E-state index contributed by atoms with van der Waals surface area (Å²) in [5.74, 6) is -0.680. The topological polar surface area (TPSA) is 105 Å². The Morgan fingerprint density at radius 3 is 2.44 bits per heavy atom. The van der Waals surface area contributed by atoms with Gasteiger partial charge in [-0.25, -0.2) is 9.69 Å². The number of carbonyl (C=O) groups excluding carboxylic acids is 3. The van der Waals surface area contributed by atoms with Crippen molar-refractivity contribution in [3.8, 4) is 0 Å². The Kier molecular flexibility index (Phi) is 5.69. The number of imide groups is 1. The highest BCUT2D eigenvalue weighted by Gasteiger charge is 2.54. The van der Waals surface area contributed by atoms with Crippen LogP contribution in [0.2, 0.25) is 0 Å². The first-order valence-corrected chi connectivity index (χ1v) is 8.22. The van der Waals surface area contributed by atoms with Crippen LogP contribution < -0.4 is 16.4 Å². The number of anilines is 1. The summed E-state index contributed by atoms with van der Waals surface area (Å²) in [4.78, 5) is 38.4. The lowest BCUT2D eigenvalue weighted by atomic mass is 9.97. The molecule has 1 saturated heterocycles. The van der Waals surface area contributed by atoms with E-state index in [1.54, 1.807) is 19.1 Å². The van der Waals surface area contributed by atoms with Crippen LogP contribution in [0, 0.1) is 0 Å². The molecule has 1 atom stereocenters. The van der Waals surface area contributed by atoms with E-state index in [4.69, 9.17) is 5.73 Å². The van der Waals surface area contributed by atoms with Crippen LogP contribution in [0.15, 0.2) is 24.3 Å². The molecule has 1 aliphatic heterocycles. The number of hydrogen-bond acceptors (Lipinski definition) is 4. The Hall–Kier alpha value is -2.12. The van der Waals surface area contributed by atoms with Gasteiger partial charge in [0.2, 0.25) is 5.91 Å². The van der Waals surface area contributed by atoms with Gasteiger partial charge in [-0.2, -0.15) is 0 Å². The van der Waals surface area contributed by atoms with Crippen LogP contribution in [0.4, 0.5) is 10.5 Å². The average molecular weight is 367 g/mol. The van der Waals surface area contributed by atoms with Gasteiger partial charge >= 0.3 is 6.03 Å². The molecule has 2 aliphatic rings. The van der Waals surface area contributed by atoms with Crippen LogP contribution in [0.3, 0.4) is 0 Å². The van der Waals surface area contributed by atoms with E-state index in [1.165, 1.54) is 0 Å². The number of hydrogen-bond donors (Lipinski definition) is 3. The number of nitrogens with zero attached hydrogens (tertiary/aromatic N) is 1. The van der Waals surface area contributed by atoms with Gasteiger partial charge < -0.3 is 16.4 Å². The number of benzene rings is 1. The summed E-state index contributed by atoms with van der Waals surface area (Å²) in [6, 6.07) is 5.78. The maximum atomic E-state index is 12.7. The molecule has 136 valence electrons. The van der Waals surface area contributed by atoms with Crippen molar-refractivity contribution in [1.82, 2.24) is 10.2 Å². The fraction of sp³-hybridized carbons (Fsp3) is 0.471. The summed E-state index contributed by atoms with van der Waals surface area (Å²) in [7, 11) is 0. The third kappa shape index (κ3) is 3.48. The molecule has 0 aromatic heterocycles. The summed E-state index contributed by atoms with van der Waals surface area (Å²) in [6.45, 7) is 1.99. The van der Waals surface area contributed by atoms with Crippen LogP contribution in [-0.4, -0.2) is 34.3 Å². The summed E-state index contributed by atoms with van der Waals surface area (Å²) in [5.41, 5.74) is 6.31. The molecule has 1 aromatic carbocycles. The molecule has 25 heavy (non-hydrogen) atoms. The Bertz CT molecular complexity index is 671. The highest BCUT2D eigenvalue weighted by molar-refractivity contribution is 6.11. The zero-order valence-corrected chi connectivity index (χ0v) is 14.9. The van der Waals surface area contributed by atoms with Gasteiger partial charge in [0.15, 0.2) is 0 Å². The number of amides is 4. The van der Waals surface area contributed by atoms with Crippen molar-refractivity contribution < 1.29 is 14.4 Å². The second-order valence-electron chi connectivity index (χ2n) is 6.46. The van der Waals surface area contributed by atoms with Crippen LogP contribution in [0.25, 0.3) is 0 Å². The molecule has 1 saturated carbocycles.